The van der Waals surface area contributed by atoms with Crippen LogP contribution in [-0.2, 0) is 11.3 Å². The highest BCUT2D eigenvalue weighted by Gasteiger charge is 2.12. The second-order valence-corrected chi connectivity index (χ2v) is 7.79. The van der Waals surface area contributed by atoms with E-state index in [1.165, 1.54) is 11.8 Å². The predicted octanol–water partition coefficient (Wildman–Crippen LogP) is 3.99. The van der Waals surface area contributed by atoms with E-state index < -0.39 is 0 Å². The van der Waals surface area contributed by atoms with Gasteiger partial charge >= 0.3 is 0 Å². The molecule has 4 rings (SSSR count). The van der Waals surface area contributed by atoms with Crippen molar-refractivity contribution < 1.29 is 13.9 Å². The van der Waals surface area contributed by atoms with Gasteiger partial charge in [-0.3, -0.25) is 4.79 Å². The number of benzene rings is 2. The first-order valence-electron chi connectivity index (χ1n) is 9.29. The zero-order valence-electron chi connectivity index (χ0n) is 16.5. The summed E-state index contributed by atoms with van der Waals surface area (Å²) < 4.78 is 12.5. The van der Waals surface area contributed by atoms with Crippen molar-refractivity contribution in [2.45, 2.75) is 11.7 Å². The molecule has 8 nitrogen and oxygen atoms in total. The molecule has 2 aromatic heterocycles. The first kappa shape index (κ1) is 21.0. The number of tetrazole rings is 1. The Morgan fingerprint density at radius 2 is 1.90 bits per heavy atom. The molecule has 0 atom stereocenters. The quantitative estimate of drug-likeness (QED) is 0.401. The second kappa shape index (κ2) is 9.67. The number of carbonyl (C=O) groups excluding carboxylic acids is 1. The molecule has 0 spiro atoms. The first-order valence-corrected chi connectivity index (χ1v) is 10.7. The zero-order chi connectivity index (χ0) is 21.6. The fourth-order valence-corrected chi connectivity index (χ4v) is 3.61. The molecule has 2 heterocycles. The van der Waals surface area contributed by atoms with Crippen molar-refractivity contribution in [3.8, 4) is 22.8 Å². The van der Waals surface area contributed by atoms with E-state index in [0.29, 0.717) is 21.7 Å². The van der Waals surface area contributed by atoms with Gasteiger partial charge in [-0.15, -0.1) is 5.10 Å². The van der Waals surface area contributed by atoms with E-state index in [1.807, 2.05) is 48.5 Å². The fraction of sp³-hybridized carbons (Fsp3) is 0.143. The largest absolute Gasteiger partial charge is 0.497 e. The Bertz CT molecular complexity index is 1160. The maximum Gasteiger partial charge on any atom is 0.230 e. The van der Waals surface area contributed by atoms with Gasteiger partial charge in [0.05, 0.1) is 25.1 Å². The molecule has 4 aromatic rings. The number of nitrogens with one attached hydrogen (secondary N) is 1. The van der Waals surface area contributed by atoms with Gasteiger partial charge in [-0.25, -0.2) is 0 Å². The number of methoxy groups -OCH3 is 1. The molecule has 1 N–H and O–H groups in total. The van der Waals surface area contributed by atoms with Gasteiger partial charge in [-0.05, 0) is 71.1 Å². The van der Waals surface area contributed by atoms with Crippen LogP contribution in [0.5, 0.6) is 5.75 Å². The summed E-state index contributed by atoms with van der Waals surface area (Å²) in [6.45, 7) is 0.288. The molecule has 0 radical (unpaired) electrons. The van der Waals surface area contributed by atoms with E-state index in [-0.39, 0.29) is 18.2 Å². The SMILES string of the molecule is COc1ccc(-n2nnnc2SCC(=O)NCc2ccc(-c3ccc(Cl)cc3)o2)cc1. The van der Waals surface area contributed by atoms with Crippen molar-refractivity contribution in [3.63, 3.8) is 0 Å². The van der Waals surface area contributed by atoms with Crippen LogP contribution in [0.3, 0.4) is 0 Å². The lowest BCUT2D eigenvalue weighted by Gasteiger charge is -2.06. The molecule has 1 amide bonds. The molecular formula is C21H18ClN5O3S. The lowest BCUT2D eigenvalue weighted by Crippen LogP contribution is -2.24. The fourth-order valence-electron chi connectivity index (χ4n) is 2.76. The highest BCUT2D eigenvalue weighted by Crippen LogP contribution is 2.24. The number of nitrogens with zero attached hydrogens (tertiary/aromatic N) is 4. The number of carbonyl (C=O) groups is 1. The summed E-state index contributed by atoms with van der Waals surface area (Å²) in [6.07, 6.45) is 0. The van der Waals surface area contributed by atoms with Crippen molar-refractivity contribution in [2.24, 2.45) is 0 Å². The Morgan fingerprint density at radius 1 is 1.13 bits per heavy atom. The summed E-state index contributed by atoms with van der Waals surface area (Å²) in [7, 11) is 1.60. The summed E-state index contributed by atoms with van der Waals surface area (Å²) in [5.41, 5.74) is 1.70. The van der Waals surface area contributed by atoms with Crippen LogP contribution in [0, 0.1) is 0 Å². The van der Waals surface area contributed by atoms with Crippen LogP contribution in [0.25, 0.3) is 17.0 Å². The number of hydrogen-bond acceptors (Lipinski definition) is 7. The minimum absolute atomic E-state index is 0.154. The Morgan fingerprint density at radius 3 is 2.65 bits per heavy atom. The lowest BCUT2D eigenvalue weighted by molar-refractivity contribution is -0.118. The lowest BCUT2D eigenvalue weighted by atomic mass is 10.2. The average molecular weight is 456 g/mol. The third-order valence-electron chi connectivity index (χ3n) is 4.34. The molecule has 0 aliphatic rings. The van der Waals surface area contributed by atoms with E-state index in [0.717, 1.165) is 17.0 Å². The number of aromatic nitrogens is 4. The number of hydrogen-bond donors (Lipinski definition) is 1. The number of rotatable bonds is 8. The van der Waals surface area contributed by atoms with Crippen LogP contribution in [0.15, 0.2) is 70.2 Å². The number of furan rings is 1. The normalized spacial score (nSPS) is 10.8. The highest BCUT2D eigenvalue weighted by molar-refractivity contribution is 7.99. The molecule has 0 unspecified atom stereocenters. The molecule has 158 valence electrons. The van der Waals surface area contributed by atoms with Gasteiger partial charge < -0.3 is 14.5 Å². The van der Waals surface area contributed by atoms with Gasteiger partial charge in [-0.1, -0.05) is 23.4 Å². The van der Waals surface area contributed by atoms with Gasteiger partial charge in [0.2, 0.25) is 11.1 Å². The van der Waals surface area contributed by atoms with Gasteiger partial charge in [0.25, 0.3) is 0 Å². The molecular weight excluding hydrogens is 438 g/mol. The highest BCUT2D eigenvalue weighted by atomic mass is 35.5. The van der Waals surface area contributed by atoms with Crippen molar-refractivity contribution in [1.82, 2.24) is 25.5 Å². The van der Waals surface area contributed by atoms with Crippen LogP contribution in [-0.4, -0.2) is 39.0 Å². The molecule has 0 saturated heterocycles. The number of halogens is 1. The minimum atomic E-state index is -0.154. The van der Waals surface area contributed by atoms with Gasteiger partial charge in [-0.2, -0.15) is 4.68 Å². The van der Waals surface area contributed by atoms with Gasteiger partial charge in [0.1, 0.15) is 17.3 Å². The average Bonchev–Trinajstić information content (AvgIpc) is 3.46. The van der Waals surface area contributed by atoms with Crippen molar-refractivity contribution in [2.75, 3.05) is 12.9 Å². The monoisotopic (exact) mass is 455 g/mol. The Labute approximate surface area is 187 Å². The van der Waals surface area contributed by atoms with E-state index >= 15 is 0 Å². The Hall–Kier alpha value is -3.30. The summed E-state index contributed by atoms with van der Waals surface area (Å²) in [5.74, 6) is 2.13. The van der Waals surface area contributed by atoms with Gasteiger partial charge in [0.15, 0.2) is 0 Å². The van der Waals surface area contributed by atoms with Crippen LogP contribution in [0.1, 0.15) is 5.76 Å². The van der Waals surface area contributed by atoms with Crippen LogP contribution >= 0.6 is 23.4 Å². The molecule has 0 fully saturated rings. The standard InChI is InChI=1S/C21H18ClN5O3S/c1-29-17-8-6-16(7-9-17)27-21(24-25-26-27)31-13-20(28)23-12-18-10-11-19(30-18)14-2-4-15(22)5-3-14/h2-11H,12-13H2,1H3,(H,23,28). The Kier molecular flexibility index (Phi) is 6.54. The predicted molar refractivity (Wildman–Crippen MR) is 117 cm³/mol. The van der Waals surface area contributed by atoms with Crippen molar-refractivity contribution in [1.29, 1.82) is 0 Å². The van der Waals surface area contributed by atoms with Crippen LogP contribution < -0.4 is 10.1 Å². The Balaban J connectivity index is 1.30. The maximum absolute atomic E-state index is 12.3. The number of ether oxygens (including phenoxy) is 1. The topological polar surface area (TPSA) is 95.1 Å². The molecule has 0 aliphatic carbocycles. The number of thioether (sulfide) groups is 1. The minimum Gasteiger partial charge on any atom is -0.497 e. The van der Waals surface area contributed by atoms with Crippen molar-refractivity contribution in [3.05, 3.63) is 71.4 Å². The summed E-state index contributed by atoms with van der Waals surface area (Å²) >= 11 is 7.16. The second-order valence-electron chi connectivity index (χ2n) is 6.41. The van der Waals surface area contributed by atoms with Crippen molar-refractivity contribution >= 4 is 29.3 Å². The molecule has 31 heavy (non-hydrogen) atoms. The van der Waals surface area contributed by atoms with E-state index in [4.69, 9.17) is 20.8 Å². The third kappa shape index (κ3) is 5.25. The zero-order valence-corrected chi connectivity index (χ0v) is 18.1. The molecule has 0 saturated carbocycles. The van der Waals surface area contributed by atoms with Gasteiger partial charge in [0, 0.05) is 10.6 Å². The molecule has 10 heteroatoms. The smallest absolute Gasteiger partial charge is 0.230 e. The summed E-state index contributed by atoms with van der Waals surface area (Å²) in [6, 6.07) is 18.4. The van der Waals surface area contributed by atoms with E-state index in [2.05, 4.69) is 20.8 Å². The summed E-state index contributed by atoms with van der Waals surface area (Å²) in [4.78, 5) is 12.3. The molecule has 0 aliphatic heterocycles. The maximum atomic E-state index is 12.3. The van der Waals surface area contributed by atoms with E-state index in [1.54, 1.807) is 23.9 Å². The van der Waals surface area contributed by atoms with Crippen LogP contribution in [0.4, 0.5) is 0 Å². The third-order valence-corrected chi connectivity index (χ3v) is 5.51. The summed E-state index contributed by atoms with van der Waals surface area (Å²) in [5, 5.41) is 15.7. The first-order chi connectivity index (χ1) is 15.1. The van der Waals surface area contributed by atoms with Crippen LogP contribution in [0.2, 0.25) is 5.02 Å². The molecule has 2 aromatic carbocycles. The van der Waals surface area contributed by atoms with E-state index in [9.17, 15) is 4.79 Å². The number of amides is 1. The molecule has 0 bridgehead atoms.